The Morgan fingerprint density at radius 2 is 1.83 bits per heavy atom. The maximum absolute atomic E-state index is 12.3. The first-order valence-electron chi connectivity index (χ1n) is 6.90. The molecular formula is C14H23N3O. The van der Waals surface area contributed by atoms with E-state index < -0.39 is 0 Å². The van der Waals surface area contributed by atoms with Crippen molar-refractivity contribution < 1.29 is 4.79 Å². The van der Waals surface area contributed by atoms with Crippen molar-refractivity contribution in [3.05, 3.63) is 17.0 Å². The summed E-state index contributed by atoms with van der Waals surface area (Å²) < 4.78 is 1.78. The van der Waals surface area contributed by atoms with E-state index in [2.05, 4.69) is 10.4 Å². The van der Waals surface area contributed by atoms with E-state index >= 15 is 0 Å². The quantitative estimate of drug-likeness (QED) is 0.819. The van der Waals surface area contributed by atoms with Gasteiger partial charge in [-0.15, -0.1) is 0 Å². The van der Waals surface area contributed by atoms with Crippen LogP contribution in [0, 0.1) is 13.8 Å². The second kappa shape index (κ2) is 5.55. The summed E-state index contributed by atoms with van der Waals surface area (Å²) in [6, 6.07) is 0.346. The van der Waals surface area contributed by atoms with Gasteiger partial charge in [0.25, 0.3) is 5.91 Å². The van der Waals surface area contributed by atoms with Gasteiger partial charge in [-0.1, -0.05) is 25.7 Å². The van der Waals surface area contributed by atoms with Crippen molar-refractivity contribution in [2.24, 2.45) is 7.05 Å². The van der Waals surface area contributed by atoms with Crippen molar-refractivity contribution in [3.63, 3.8) is 0 Å². The van der Waals surface area contributed by atoms with Gasteiger partial charge in [-0.3, -0.25) is 9.48 Å². The average molecular weight is 249 g/mol. The van der Waals surface area contributed by atoms with Crippen LogP contribution < -0.4 is 5.32 Å². The highest BCUT2D eigenvalue weighted by Crippen LogP contribution is 2.18. The fourth-order valence-corrected chi connectivity index (χ4v) is 2.78. The highest BCUT2D eigenvalue weighted by molar-refractivity contribution is 5.96. The molecule has 0 unspecified atom stereocenters. The summed E-state index contributed by atoms with van der Waals surface area (Å²) in [5.41, 5.74) is 2.52. The summed E-state index contributed by atoms with van der Waals surface area (Å²) in [6.07, 6.45) is 7.30. The zero-order valence-electron chi connectivity index (χ0n) is 11.6. The van der Waals surface area contributed by atoms with Crippen LogP contribution in [0.5, 0.6) is 0 Å². The van der Waals surface area contributed by atoms with E-state index in [1.165, 1.54) is 25.7 Å². The molecule has 0 radical (unpaired) electrons. The molecule has 0 aliphatic heterocycles. The summed E-state index contributed by atoms with van der Waals surface area (Å²) >= 11 is 0. The molecule has 1 aliphatic carbocycles. The lowest BCUT2D eigenvalue weighted by molar-refractivity contribution is 0.0932. The van der Waals surface area contributed by atoms with Crippen LogP contribution in [0.4, 0.5) is 0 Å². The smallest absolute Gasteiger partial charge is 0.255 e. The van der Waals surface area contributed by atoms with Crippen molar-refractivity contribution in [3.8, 4) is 0 Å². The molecule has 1 saturated carbocycles. The standard InChI is InChI=1S/C14H23N3O/c1-10-13(11(2)17(3)16-10)14(18)15-12-8-6-4-5-7-9-12/h12H,4-9H2,1-3H3,(H,15,18). The Balaban J connectivity index is 2.06. The number of nitrogens with zero attached hydrogens (tertiary/aromatic N) is 2. The van der Waals surface area contributed by atoms with E-state index in [1.807, 2.05) is 20.9 Å². The van der Waals surface area contributed by atoms with Crippen molar-refractivity contribution in [2.45, 2.75) is 58.4 Å². The molecule has 1 fully saturated rings. The molecule has 0 atom stereocenters. The van der Waals surface area contributed by atoms with Crippen molar-refractivity contribution in [1.82, 2.24) is 15.1 Å². The molecular weight excluding hydrogens is 226 g/mol. The topological polar surface area (TPSA) is 46.9 Å². The van der Waals surface area contributed by atoms with E-state index in [-0.39, 0.29) is 5.91 Å². The van der Waals surface area contributed by atoms with E-state index in [9.17, 15) is 4.79 Å². The van der Waals surface area contributed by atoms with Crippen molar-refractivity contribution >= 4 is 5.91 Å². The third-order valence-corrected chi connectivity index (χ3v) is 3.93. The predicted octanol–water partition coefficient (Wildman–Crippen LogP) is 2.49. The van der Waals surface area contributed by atoms with Gasteiger partial charge in [0, 0.05) is 18.8 Å². The molecule has 1 aliphatic rings. The molecule has 1 aromatic rings. The lowest BCUT2D eigenvalue weighted by Gasteiger charge is -2.16. The molecule has 0 aromatic carbocycles. The SMILES string of the molecule is Cc1nn(C)c(C)c1C(=O)NC1CCCCCC1. The van der Waals surface area contributed by atoms with Gasteiger partial charge < -0.3 is 5.32 Å². The normalized spacial score (nSPS) is 17.5. The third kappa shape index (κ3) is 2.74. The number of hydrogen-bond acceptors (Lipinski definition) is 2. The molecule has 4 nitrogen and oxygen atoms in total. The molecule has 2 rings (SSSR count). The number of carbonyl (C=O) groups is 1. The number of aromatic nitrogens is 2. The molecule has 0 spiro atoms. The van der Waals surface area contributed by atoms with Crippen LogP contribution in [0.2, 0.25) is 0 Å². The van der Waals surface area contributed by atoms with Gasteiger partial charge in [0.15, 0.2) is 0 Å². The van der Waals surface area contributed by atoms with Gasteiger partial charge in [-0.05, 0) is 26.7 Å². The fraction of sp³-hybridized carbons (Fsp3) is 0.714. The minimum absolute atomic E-state index is 0.0463. The lowest BCUT2D eigenvalue weighted by atomic mass is 10.1. The molecule has 4 heteroatoms. The zero-order valence-corrected chi connectivity index (χ0v) is 11.6. The Morgan fingerprint density at radius 3 is 2.33 bits per heavy atom. The summed E-state index contributed by atoms with van der Waals surface area (Å²) in [5.74, 6) is 0.0463. The van der Waals surface area contributed by atoms with Crippen LogP contribution in [0.3, 0.4) is 0 Å². The molecule has 18 heavy (non-hydrogen) atoms. The Bertz CT molecular complexity index is 428. The number of hydrogen-bond donors (Lipinski definition) is 1. The van der Waals surface area contributed by atoms with Crippen molar-refractivity contribution in [1.29, 1.82) is 0 Å². The molecule has 100 valence electrons. The monoisotopic (exact) mass is 249 g/mol. The van der Waals surface area contributed by atoms with Crippen LogP contribution in [0.25, 0.3) is 0 Å². The summed E-state index contributed by atoms with van der Waals surface area (Å²) in [5, 5.41) is 7.48. The summed E-state index contributed by atoms with van der Waals surface area (Å²) in [6.45, 7) is 3.84. The van der Waals surface area contributed by atoms with Gasteiger partial charge in [0.1, 0.15) is 0 Å². The largest absolute Gasteiger partial charge is 0.349 e. The fourth-order valence-electron chi connectivity index (χ4n) is 2.78. The van der Waals surface area contributed by atoms with E-state index in [0.717, 1.165) is 29.8 Å². The van der Waals surface area contributed by atoms with Gasteiger partial charge in [-0.2, -0.15) is 5.10 Å². The molecule has 1 aromatic heterocycles. The second-order valence-corrected chi connectivity index (χ2v) is 5.33. The first-order valence-corrected chi connectivity index (χ1v) is 6.90. The van der Waals surface area contributed by atoms with Crippen LogP contribution in [-0.2, 0) is 7.05 Å². The highest BCUT2D eigenvalue weighted by atomic mass is 16.1. The number of aryl methyl sites for hydroxylation is 2. The Labute approximate surface area is 109 Å². The maximum Gasteiger partial charge on any atom is 0.255 e. The Kier molecular flexibility index (Phi) is 4.04. The Morgan fingerprint density at radius 1 is 1.22 bits per heavy atom. The Hall–Kier alpha value is -1.32. The molecule has 1 amide bonds. The van der Waals surface area contributed by atoms with Crippen molar-refractivity contribution in [2.75, 3.05) is 0 Å². The zero-order chi connectivity index (χ0) is 13.1. The van der Waals surface area contributed by atoms with Gasteiger partial charge >= 0.3 is 0 Å². The number of nitrogens with one attached hydrogen (secondary N) is 1. The average Bonchev–Trinajstić information content (AvgIpc) is 2.52. The molecule has 1 N–H and O–H groups in total. The van der Waals surface area contributed by atoms with Crippen LogP contribution in [0.15, 0.2) is 0 Å². The summed E-state index contributed by atoms with van der Waals surface area (Å²) in [7, 11) is 1.88. The van der Waals surface area contributed by atoms with Crippen LogP contribution in [-0.4, -0.2) is 21.7 Å². The van der Waals surface area contributed by atoms with Gasteiger partial charge in [-0.25, -0.2) is 0 Å². The van der Waals surface area contributed by atoms with Crippen LogP contribution in [0.1, 0.15) is 60.3 Å². The molecule has 0 bridgehead atoms. The highest BCUT2D eigenvalue weighted by Gasteiger charge is 2.20. The maximum atomic E-state index is 12.3. The molecule has 0 saturated heterocycles. The van der Waals surface area contributed by atoms with E-state index in [4.69, 9.17) is 0 Å². The van der Waals surface area contributed by atoms with Crippen LogP contribution >= 0.6 is 0 Å². The lowest BCUT2D eigenvalue weighted by Crippen LogP contribution is -2.35. The summed E-state index contributed by atoms with van der Waals surface area (Å²) in [4.78, 5) is 12.3. The molecule has 1 heterocycles. The van der Waals surface area contributed by atoms with E-state index in [0.29, 0.717) is 6.04 Å². The second-order valence-electron chi connectivity index (χ2n) is 5.33. The van der Waals surface area contributed by atoms with Gasteiger partial charge in [0.2, 0.25) is 0 Å². The first-order chi connectivity index (χ1) is 8.59. The minimum atomic E-state index is 0.0463. The number of amides is 1. The number of rotatable bonds is 2. The predicted molar refractivity (Wildman–Crippen MR) is 71.6 cm³/mol. The first kappa shape index (κ1) is 13.1. The number of carbonyl (C=O) groups excluding carboxylic acids is 1. The minimum Gasteiger partial charge on any atom is -0.349 e. The van der Waals surface area contributed by atoms with E-state index in [1.54, 1.807) is 4.68 Å². The van der Waals surface area contributed by atoms with Gasteiger partial charge in [0.05, 0.1) is 11.3 Å². The third-order valence-electron chi connectivity index (χ3n) is 3.93.